The van der Waals surface area contributed by atoms with E-state index in [1.807, 2.05) is 0 Å². The molecule has 0 aromatic heterocycles. The summed E-state index contributed by atoms with van der Waals surface area (Å²) in [6.45, 7) is -0.143. The smallest absolute Gasteiger partial charge is 0.273 e. The number of methoxy groups -OCH3 is 4. The van der Waals surface area contributed by atoms with E-state index >= 15 is 0 Å². The molecule has 0 saturated carbocycles. The van der Waals surface area contributed by atoms with Crippen LogP contribution in [-0.4, -0.2) is 89.7 Å². The Morgan fingerprint density at radius 1 is 0.771 bits per heavy atom. The average Bonchev–Trinajstić information content (AvgIpc) is 3.88. The van der Waals surface area contributed by atoms with Gasteiger partial charge in [-0.1, -0.05) is 6.07 Å². The predicted octanol–water partition coefficient (Wildman–Crippen LogP) is 2.87. The Hall–Kier alpha value is -4.54. The molecular weight excluding hydrogens is 636 g/mol. The lowest BCUT2D eigenvalue weighted by Crippen LogP contribution is -2.51. The summed E-state index contributed by atoms with van der Waals surface area (Å²) in [4.78, 5) is 0. The number of ether oxygens (including phenoxy) is 13. The highest BCUT2D eigenvalue weighted by molar-refractivity contribution is 5.66. The van der Waals surface area contributed by atoms with Crippen molar-refractivity contribution in [1.29, 1.82) is 0 Å². The number of rotatable bonds is 9. The summed E-state index contributed by atoms with van der Waals surface area (Å²) in [5, 5.41) is 23.8. The molecule has 8 rings (SSSR count). The van der Waals surface area contributed by atoms with E-state index in [9.17, 15) is 10.2 Å². The SMILES string of the molecule is COC[C@@]1(O)Oc2cc([C@H]3OC[C@]4(O)[C@@H](Oc5c(OC)cc6c(c5OC)OCO6)OC[C@H]34)c(OC)cc2O[C@@H]1c1ccc2c(c1)OCO2. The minimum Gasteiger partial charge on any atom is -0.496 e. The third-order valence-electron chi connectivity index (χ3n) is 9.12. The Morgan fingerprint density at radius 3 is 2.33 bits per heavy atom. The highest BCUT2D eigenvalue weighted by atomic mass is 16.7. The zero-order chi connectivity index (χ0) is 33.2. The fourth-order valence-corrected chi connectivity index (χ4v) is 6.80. The molecule has 0 bridgehead atoms. The Bertz CT molecular complexity index is 1730. The van der Waals surface area contributed by atoms with Crippen molar-refractivity contribution in [2.45, 2.75) is 29.9 Å². The largest absolute Gasteiger partial charge is 0.496 e. The molecule has 15 nitrogen and oxygen atoms in total. The zero-order valence-electron chi connectivity index (χ0n) is 26.5. The van der Waals surface area contributed by atoms with E-state index < -0.39 is 35.8 Å². The molecule has 5 aliphatic rings. The molecule has 0 spiro atoms. The Labute approximate surface area is 274 Å². The van der Waals surface area contributed by atoms with Crippen LogP contribution in [0, 0.1) is 5.92 Å². The van der Waals surface area contributed by atoms with Gasteiger partial charge in [0, 0.05) is 30.4 Å². The predicted molar refractivity (Wildman–Crippen MR) is 160 cm³/mol. The third kappa shape index (κ3) is 4.68. The number of aliphatic hydroxyl groups is 2. The van der Waals surface area contributed by atoms with Crippen molar-refractivity contribution in [3.05, 3.63) is 47.5 Å². The first kappa shape index (κ1) is 30.8. The lowest BCUT2D eigenvalue weighted by atomic mass is 9.85. The van der Waals surface area contributed by atoms with Crippen LogP contribution in [0.1, 0.15) is 23.3 Å². The molecule has 2 fully saturated rings. The van der Waals surface area contributed by atoms with Gasteiger partial charge in [-0.3, -0.25) is 0 Å². The molecule has 0 unspecified atom stereocenters. The van der Waals surface area contributed by atoms with E-state index in [4.69, 9.17) is 61.6 Å². The van der Waals surface area contributed by atoms with E-state index in [0.717, 1.165) is 0 Å². The van der Waals surface area contributed by atoms with E-state index in [-0.39, 0.29) is 50.7 Å². The quantitative estimate of drug-likeness (QED) is 0.342. The second-order valence-electron chi connectivity index (χ2n) is 11.8. The summed E-state index contributed by atoms with van der Waals surface area (Å²) in [6, 6.07) is 10.2. The van der Waals surface area contributed by atoms with Crippen LogP contribution in [0.25, 0.3) is 0 Å². The normalized spacial score (nSPS) is 29.0. The van der Waals surface area contributed by atoms with Crippen molar-refractivity contribution in [2.75, 3.05) is 61.8 Å². The highest BCUT2D eigenvalue weighted by Crippen LogP contribution is 2.57. The molecule has 0 amide bonds. The first-order valence-corrected chi connectivity index (χ1v) is 15.2. The second kappa shape index (κ2) is 11.6. The summed E-state index contributed by atoms with van der Waals surface area (Å²) >= 11 is 0. The minimum atomic E-state index is -1.92. The van der Waals surface area contributed by atoms with Gasteiger partial charge in [-0.25, -0.2) is 0 Å². The van der Waals surface area contributed by atoms with Crippen molar-refractivity contribution in [3.63, 3.8) is 0 Å². The standard InChI is InChI=1S/C33H34O15/c1-36-13-33(35)30(16-5-6-19-21(7-16)43-14-42-19)46-22-9-20(37-2)17(8-23(22)48-33)26-18-11-40-31(32(18,34)12-41-26)47-28-24(38-3)10-25-27(29(28)39-4)45-15-44-25/h5-10,18,26,30-31,34-35H,11-15H2,1-4H3/t18-,26-,30-,31-,32-,33-/m1/s1. The van der Waals surface area contributed by atoms with Crippen LogP contribution in [0.15, 0.2) is 36.4 Å². The van der Waals surface area contributed by atoms with Crippen molar-refractivity contribution < 1.29 is 71.8 Å². The van der Waals surface area contributed by atoms with Crippen LogP contribution in [0.4, 0.5) is 0 Å². The molecule has 256 valence electrons. The molecule has 48 heavy (non-hydrogen) atoms. The Morgan fingerprint density at radius 2 is 1.54 bits per heavy atom. The van der Waals surface area contributed by atoms with Crippen LogP contribution < -0.4 is 47.4 Å². The first-order chi connectivity index (χ1) is 23.3. The Kier molecular flexibility index (Phi) is 7.41. The molecule has 6 atom stereocenters. The summed E-state index contributed by atoms with van der Waals surface area (Å²) in [6.07, 6.45) is -2.86. The molecule has 0 aliphatic carbocycles. The Balaban J connectivity index is 1.09. The number of hydrogen-bond acceptors (Lipinski definition) is 15. The van der Waals surface area contributed by atoms with E-state index in [1.54, 1.807) is 36.4 Å². The molecule has 3 aromatic carbocycles. The van der Waals surface area contributed by atoms with Gasteiger partial charge in [0.2, 0.25) is 37.1 Å². The maximum Gasteiger partial charge on any atom is 0.273 e. The maximum absolute atomic E-state index is 12.0. The number of fused-ring (bicyclic) bond motifs is 4. The molecule has 5 aliphatic heterocycles. The first-order valence-electron chi connectivity index (χ1n) is 15.2. The highest BCUT2D eigenvalue weighted by Gasteiger charge is 2.61. The fourth-order valence-electron chi connectivity index (χ4n) is 6.80. The van der Waals surface area contributed by atoms with Gasteiger partial charge >= 0.3 is 0 Å². The molecular formula is C33H34O15. The molecule has 2 saturated heterocycles. The monoisotopic (exact) mass is 670 g/mol. The summed E-state index contributed by atoms with van der Waals surface area (Å²) in [7, 11) is 5.91. The number of hydrogen-bond donors (Lipinski definition) is 2. The summed E-state index contributed by atoms with van der Waals surface area (Å²) in [5.74, 6) is 1.07. The van der Waals surface area contributed by atoms with Crippen molar-refractivity contribution >= 4 is 0 Å². The summed E-state index contributed by atoms with van der Waals surface area (Å²) in [5.41, 5.74) is -0.456. The van der Waals surface area contributed by atoms with Gasteiger partial charge in [-0.15, -0.1) is 0 Å². The van der Waals surface area contributed by atoms with Crippen LogP contribution in [0.5, 0.6) is 57.5 Å². The second-order valence-corrected chi connectivity index (χ2v) is 11.8. The van der Waals surface area contributed by atoms with Crippen molar-refractivity contribution in [1.82, 2.24) is 0 Å². The fraction of sp³-hybridized carbons (Fsp3) is 0.455. The third-order valence-corrected chi connectivity index (χ3v) is 9.12. The van der Waals surface area contributed by atoms with Crippen LogP contribution in [-0.2, 0) is 14.2 Å². The van der Waals surface area contributed by atoms with Gasteiger partial charge in [0.1, 0.15) is 12.4 Å². The topological polar surface area (TPSA) is 160 Å². The lowest BCUT2D eigenvalue weighted by Gasteiger charge is -2.40. The molecule has 3 aromatic rings. The van der Waals surface area contributed by atoms with Crippen molar-refractivity contribution in [2.24, 2.45) is 5.92 Å². The van der Waals surface area contributed by atoms with Crippen LogP contribution in [0.2, 0.25) is 0 Å². The van der Waals surface area contributed by atoms with Gasteiger partial charge in [0.05, 0.1) is 46.6 Å². The lowest BCUT2D eigenvalue weighted by molar-refractivity contribution is -0.239. The molecule has 15 heteroatoms. The van der Waals surface area contributed by atoms with E-state index in [1.165, 1.54) is 28.4 Å². The minimum absolute atomic E-state index is 0.0130. The number of benzene rings is 3. The molecule has 0 radical (unpaired) electrons. The van der Waals surface area contributed by atoms with Gasteiger partial charge in [-0.2, -0.15) is 0 Å². The zero-order valence-corrected chi connectivity index (χ0v) is 26.5. The van der Waals surface area contributed by atoms with E-state index in [2.05, 4.69) is 0 Å². The summed E-state index contributed by atoms with van der Waals surface area (Å²) < 4.78 is 75.4. The average molecular weight is 671 g/mol. The van der Waals surface area contributed by atoms with Crippen LogP contribution in [0.3, 0.4) is 0 Å². The molecule has 5 heterocycles. The maximum atomic E-state index is 12.0. The molecule has 2 N–H and O–H groups in total. The van der Waals surface area contributed by atoms with Gasteiger partial charge < -0.3 is 71.8 Å². The van der Waals surface area contributed by atoms with Gasteiger partial charge in [-0.05, 0) is 18.2 Å². The van der Waals surface area contributed by atoms with Gasteiger partial charge in [0.15, 0.2) is 46.2 Å². The van der Waals surface area contributed by atoms with Crippen LogP contribution >= 0.6 is 0 Å². The van der Waals surface area contributed by atoms with Crippen molar-refractivity contribution in [3.8, 4) is 57.5 Å². The van der Waals surface area contributed by atoms with E-state index in [0.29, 0.717) is 51.4 Å². The van der Waals surface area contributed by atoms with Gasteiger partial charge in [0.25, 0.3) is 5.79 Å².